The van der Waals surface area contributed by atoms with Gasteiger partial charge < -0.3 is 19.3 Å². The third-order valence-corrected chi connectivity index (χ3v) is 8.86. The Morgan fingerprint density at radius 3 is 2.42 bits per heavy atom. The highest BCUT2D eigenvalue weighted by Crippen LogP contribution is 2.43. The number of hydrogen-bond donors (Lipinski definition) is 1. The fraction of sp³-hybridized carbons (Fsp3) is 0.517. The molecule has 232 valence electrons. The average molecular weight is 617 g/mol. The van der Waals surface area contributed by atoms with Crippen LogP contribution in [0.1, 0.15) is 55.2 Å². The summed E-state index contributed by atoms with van der Waals surface area (Å²) < 4.78 is 52.8. The van der Waals surface area contributed by atoms with Crippen molar-refractivity contribution in [1.82, 2.24) is 24.4 Å². The van der Waals surface area contributed by atoms with E-state index in [-0.39, 0.29) is 30.2 Å². The molecule has 2 aliphatic rings. The number of amides is 2. The van der Waals surface area contributed by atoms with Crippen molar-refractivity contribution in [1.29, 1.82) is 0 Å². The Balaban J connectivity index is 1.56. The van der Waals surface area contributed by atoms with Crippen molar-refractivity contribution in [3.05, 3.63) is 47.5 Å². The Morgan fingerprint density at radius 2 is 1.81 bits per heavy atom. The van der Waals surface area contributed by atoms with E-state index in [9.17, 15) is 22.4 Å². The summed E-state index contributed by atoms with van der Waals surface area (Å²) in [5.41, 5.74) is 2.31. The molecule has 0 radical (unpaired) electrons. The molecule has 2 amide bonds. The first-order valence-corrected chi connectivity index (χ1v) is 16.1. The smallest absolute Gasteiger partial charge is 0.409 e. The van der Waals surface area contributed by atoms with Crippen molar-refractivity contribution in [2.45, 2.75) is 39.0 Å². The summed E-state index contributed by atoms with van der Waals surface area (Å²) in [6.07, 6.45) is 2.60. The second-order valence-electron chi connectivity index (χ2n) is 11.3. The van der Waals surface area contributed by atoms with E-state index in [0.29, 0.717) is 49.8 Å². The van der Waals surface area contributed by atoms with Crippen LogP contribution >= 0.6 is 0 Å². The van der Waals surface area contributed by atoms with Gasteiger partial charge in [0.15, 0.2) is 5.65 Å². The first kappa shape index (κ1) is 30.7. The van der Waals surface area contributed by atoms with Crippen molar-refractivity contribution in [3.63, 3.8) is 0 Å². The van der Waals surface area contributed by atoms with Crippen LogP contribution in [-0.4, -0.2) is 92.3 Å². The van der Waals surface area contributed by atoms with Crippen molar-refractivity contribution in [3.8, 4) is 5.69 Å². The topological polar surface area (TPSA) is 136 Å². The van der Waals surface area contributed by atoms with Gasteiger partial charge in [-0.25, -0.2) is 32.0 Å². The molecule has 3 heterocycles. The van der Waals surface area contributed by atoms with Crippen LogP contribution in [-0.2, 0) is 19.5 Å². The Bertz CT molecular complexity index is 1580. The van der Waals surface area contributed by atoms with Crippen molar-refractivity contribution in [2.24, 2.45) is 5.92 Å². The van der Waals surface area contributed by atoms with Crippen LogP contribution < -0.4 is 9.62 Å². The molecule has 2 aromatic heterocycles. The van der Waals surface area contributed by atoms with Gasteiger partial charge in [0, 0.05) is 39.2 Å². The Morgan fingerprint density at radius 1 is 1.12 bits per heavy atom. The van der Waals surface area contributed by atoms with Crippen LogP contribution in [0.5, 0.6) is 0 Å². The summed E-state index contributed by atoms with van der Waals surface area (Å²) in [6, 6.07) is 7.40. The number of nitrogens with one attached hydrogen (secondary N) is 1. The lowest BCUT2D eigenvalue weighted by molar-refractivity contribution is 0.0901. The number of methoxy groups -OCH3 is 1. The normalized spacial score (nSPS) is 16.0. The highest BCUT2D eigenvalue weighted by Gasteiger charge is 2.32. The lowest BCUT2D eigenvalue weighted by Gasteiger charge is -2.36. The molecule has 1 saturated heterocycles. The zero-order chi connectivity index (χ0) is 30.7. The Kier molecular flexibility index (Phi) is 9.16. The maximum Gasteiger partial charge on any atom is 0.409 e. The molecule has 43 heavy (non-hydrogen) atoms. The van der Waals surface area contributed by atoms with Gasteiger partial charge in [-0.2, -0.15) is 5.10 Å². The molecule has 3 aromatic rings. The minimum absolute atomic E-state index is 0.0771. The minimum atomic E-state index is -3.98. The highest BCUT2D eigenvalue weighted by molar-refractivity contribution is 7.90. The SMILES string of the molecule is COCCS(=O)(=O)NC(=O)c1cc(N2CCN(C(=O)OCC(C)C)CC2)c2c(C3CCC3)nn(-c3ccc(F)cc3)c2n1. The monoisotopic (exact) mass is 616 g/mol. The molecule has 0 spiro atoms. The number of piperazine rings is 1. The maximum atomic E-state index is 13.8. The average Bonchev–Trinajstić information content (AvgIpc) is 3.32. The molecule has 1 aliphatic carbocycles. The summed E-state index contributed by atoms with van der Waals surface area (Å²) >= 11 is 0. The number of ether oxygens (including phenoxy) is 2. The molecule has 5 rings (SSSR count). The zero-order valence-electron chi connectivity index (χ0n) is 24.6. The fourth-order valence-corrected chi connectivity index (χ4v) is 5.99. The van der Waals surface area contributed by atoms with Gasteiger partial charge in [0.25, 0.3) is 5.91 Å². The molecule has 1 N–H and O–H groups in total. The molecule has 1 saturated carbocycles. The van der Waals surface area contributed by atoms with Gasteiger partial charge in [-0.05, 0) is 49.1 Å². The molecule has 14 heteroatoms. The quantitative estimate of drug-likeness (QED) is 0.363. The molecular formula is C29H37FN6O6S. The van der Waals surface area contributed by atoms with E-state index in [0.717, 1.165) is 30.3 Å². The van der Waals surface area contributed by atoms with E-state index >= 15 is 0 Å². The van der Waals surface area contributed by atoms with Gasteiger partial charge in [0.05, 0.1) is 41.4 Å². The number of halogens is 1. The van der Waals surface area contributed by atoms with Crippen LogP contribution in [0.3, 0.4) is 0 Å². The third-order valence-electron chi connectivity index (χ3n) is 7.66. The number of aromatic nitrogens is 3. The molecule has 12 nitrogen and oxygen atoms in total. The molecule has 0 unspecified atom stereocenters. The summed E-state index contributed by atoms with van der Waals surface area (Å²) in [4.78, 5) is 34.3. The van der Waals surface area contributed by atoms with E-state index in [1.165, 1.54) is 19.2 Å². The Labute approximate surface area is 250 Å². The largest absolute Gasteiger partial charge is 0.449 e. The van der Waals surface area contributed by atoms with Crippen LogP contribution in [0.4, 0.5) is 14.9 Å². The maximum absolute atomic E-state index is 13.8. The molecule has 1 aliphatic heterocycles. The van der Waals surface area contributed by atoms with Crippen LogP contribution in [0.2, 0.25) is 0 Å². The minimum Gasteiger partial charge on any atom is -0.449 e. The summed E-state index contributed by atoms with van der Waals surface area (Å²) in [7, 11) is -2.61. The van der Waals surface area contributed by atoms with Crippen molar-refractivity contribution >= 4 is 38.7 Å². The third kappa shape index (κ3) is 6.90. The summed E-state index contributed by atoms with van der Waals surface area (Å²) in [6.45, 7) is 5.92. The van der Waals surface area contributed by atoms with Crippen LogP contribution in [0.25, 0.3) is 16.7 Å². The van der Waals surface area contributed by atoms with Gasteiger partial charge in [0.1, 0.15) is 11.5 Å². The van der Waals surface area contributed by atoms with Gasteiger partial charge in [-0.3, -0.25) is 4.79 Å². The van der Waals surface area contributed by atoms with Gasteiger partial charge in [-0.1, -0.05) is 20.3 Å². The standard InChI is InChI=1S/C29H37FN6O6S/c1-19(2)18-42-29(38)35-13-11-34(12-14-35)24-17-23(28(37)33-43(39,40)16-15-41-3)31-27-25(24)26(20-5-4-6-20)32-36(27)22-9-7-21(30)8-10-22/h7-10,17,19-20H,4-6,11-16,18H2,1-3H3,(H,33,37). The fourth-order valence-electron chi connectivity index (χ4n) is 5.11. The summed E-state index contributed by atoms with van der Waals surface area (Å²) in [5, 5.41) is 5.67. The molecule has 1 aromatic carbocycles. The highest BCUT2D eigenvalue weighted by atomic mass is 32.2. The number of nitrogens with zero attached hydrogens (tertiary/aromatic N) is 5. The summed E-state index contributed by atoms with van der Waals surface area (Å²) in [5.74, 6) is -1.27. The predicted molar refractivity (Wildman–Crippen MR) is 159 cm³/mol. The van der Waals surface area contributed by atoms with Crippen molar-refractivity contribution < 1.29 is 31.9 Å². The second kappa shape index (κ2) is 12.8. The van der Waals surface area contributed by atoms with Crippen LogP contribution in [0.15, 0.2) is 30.3 Å². The zero-order valence-corrected chi connectivity index (χ0v) is 25.4. The first-order chi connectivity index (χ1) is 20.6. The molecule has 0 atom stereocenters. The van der Waals surface area contributed by atoms with E-state index in [4.69, 9.17) is 14.6 Å². The lowest BCUT2D eigenvalue weighted by atomic mass is 9.82. The number of benzene rings is 1. The number of carbonyl (C=O) groups is 2. The Hall–Kier alpha value is -3.78. The van der Waals surface area contributed by atoms with E-state index in [1.807, 2.05) is 13.8 Å². The van der Waals surface area contributed by atoms with Gasteiger partial charge in [-0.15, -0.1) is 0 Å². The first-order valence-electron chi connectivity index (χ1n) is 14.5. The molecular weight excluding hydrogens is 579 g/mol. The van der Waals surface area contributed by atoms with E-state index < -0.39 is 27.5 Å². The number of sulfonamides is 1. The molecule has 2 fully saturated rings. The van der Waals surface area contributed by atoms with E-state index in [1.54, 1.807) is 27.8 Å². The number of rotatable bonds is 10. The number of carbonyl (C=O) groups excluding carboxylic acids is 2. The predicted octanol–water partition coefficient (Wildman–Crippen LogP) is 3.45. The van der Waals surface area contributed by atoms with Gasteiger partial charge in [0.2, 0.25) is 10.0 Å². The van der Waals surface area contributed by atoms with Crippen LogP contribution in [0, 0.1) is 11.7 Å². The number of anilines is 1. The second-order valence-corrected chi connectivity index (χ2v) is 13.2. The lowest BCUT2D eigenvalue weighted by Crippen LogP contribution is -2.49. The van der Waals surface area contributed by atoms with E-state index in [2.05, 4.69) is 14.6 Å². The van der Waals surface area contributed by atoms with Gasteiger partial charge >= 0.3 is 6.09 Å². The van der Waals surface area contributed by atoms with Crippen molar-refractivity contribution in [2.75, 3.05) is 57.2 Å². The number of pyridine rings is 1. The number of fused-ring (bicyclic) bond motifs is 1. The molecule has 0 bridgehead atoms. The number of hydrogen-bond acceptors (Lipinski definition) is 9.